The molecule has 222 valence electrons. The first-order valence-electron chi connectivity index (χ1n) is 14.1. The van der Waals surface area contributed by atoms with Gasteiger partial charge in [-0.3, -0.25) is 4.79 Å². The molecule has 10 atom stereocenters. The fourth-order valence-electron chi connectivity index (χ4n) is 5.34. The maximum Gasteiger partial charge on any atom is 0.404 e. The van der Waals surface area contributed by atoms with E-state index in [1.807, 2.05) is 53.7 Å². The summed E-state index contributed by atoms with van der Waals surface area (Å²) in [6.07, 6.45) is 9.78. The normalized spacial score (nSPS) is 23.8. The van der Waals surface area contributed by atoms with Gasteiger partial charge in [0, 0.05) is 36.5 Å². The molecule has 8 heteroatoms. The van der Waals surface area contributed by atoms with Crippen LogP contribution in [-0.4, -0.2) is 57.9 Å². The lowest BCUT2D eigenvalue weighted by molar-refractivity contribution is -0.154. The molecule has 0 spiro atoms. The van der Waals surface area contributed by atoms with Crippen molar-refractivity contribution in [2.24, 2.45) is 35.3 Å². The zero-order valence-corrected chi connectivity index (χ0v) is 24.5. The number of carbonyl (C=O) groups is 2. The van der Waals surface area contributed by atoms with Gasteiger partial charge in [0.25, 0.3) is 0 Å². The quantitative estimate of drug-likeness (QED) is 0.123. The Morgan fingerprint density at radius 2 is 1.74 bits per heavy atom. The minimum atomic E-state index is -0.877. The number of carbonyl (C=O) groups excluding carboxylic acids is 2. The molecule has 1 saturated heterocycles. The highest BCUT2D eigenvalue weighted by atomic mass is 16.6. The van der Waals surface area contributed by atoms with E-state index in [0.29, 0.717) is 19.3 Å². The topological polar surface area (TPSA) is 139 Å². The second kappa shape index (κ2) is 17.3. The molecular weight excluding hydrogens is 498 g/mol. The van der Waals surface area contributed by atoms with Crippen molar-refractivity contribution < 1.29 is 34.4 Å². The molecule has 0 bridgehead atoms. The van der Waals surface area contributed by atoms with Crippen molar-refractivity contribution in [1.29, 1.82) is 0 Å². The summed E-state index contributed by atoms with van der Waals surface area (Å²) in [6, 6.07) is 0. The summed E-state index contributed by atoms with van der Waals surface area (Å²) in [7, 11) is 0. The first kappa shape index (κ1) is 34.6. The fraction of sp³-hybridized carbons (Fsp3) is 0.677. The Labute approximate surface area is 234 Å². The van der Waals surface area contributed by atoms with Crippen LogP contribution in [-0.2, 0) is 14.3 Å². The van der Waals surface area contributed by atoms with E-state index in [1.54, 1.807) is 24.3 Å². The van der Waals surface area contributed by atoms with E-state index in [9.17, 15) is 24.9 Å². The molecule has 8 nitrogen and oxygen atoms in total. The third-order valence-corrected chi connectivity index (χ3v) is 7.58. The van der Waals surface area contributed by atoms with Crippen molar-refractivity contribution in [3.05, 3.63) is 48.6 Å². The molecule has 1 aliphatic heterocycles. The summed E-state index contributed by atoms with van der Waals surface area (Å²) in [5, 5.41) is 32.2. The highest BCUT2D eigenvalue weighted by Gasteiger charge is 2.33. The van der Waals surface area contributed by atoms with Crippen LogP contribution in [0.2, 0.25) is 0 Å². The number of hydrogen-bond donors (Lipinski definition) is 4. The Balaban J connectivity index is 2.71. The van der Waals surface area contributed by atoms with Crippen LogP contribution in [0.15, 0.2) is 48.6 Å². The smallest absolute Gasteiger partial charge is 0.404 e. The van der Waals surface area contributed by atoms with E-state index in [2.05, 4.69) is 6.58 Å². The lowest BCUT2D eigenvalue weighted by Crippen LogP contribution is -2.41. The van der Waals surface area contributed by atoms with E-state index in [4.69, 9.17) is 15.2 Å². The number of primary amides is 1. The van der Waals surface area contributed by atoms with Crippen LogP contribution in [0.3, 0.4) is 0 Å². The van der Waals surface area contributed by atoms with Gasteiger partial charge in [-0.25, -0.2) is 4.79 Å². The van der Waals surface area contributed by atoms with Gasteiger partial charge < -0.3 is 30.5 Å². The first-order valence-corrected chi connectivity index (χ1v) is 14.1. The number of amides is 1. The summed E-state index contributed by atoms with van der Waals surface area (Å²) in [4.78, 5) is 22.9. The molecule has 1 heterocycles. The van der Waals surface area contributed by atoms with Gasteiger partial charge in [-0.1, -0.05) is 83.2 Å². The molecule has 1 fully saturated rings. The zero-order chi connectivity index (χ0) is 29.7. The van der Waals surface area contributed by atoms with Gasteiger partial charge in [0.1, 0.15) is 12.2 Å². The average Bonchev–Trinajstić information content (AvgIpc) is 2.87. The lowest BCUT2D eigenvalue weighted by atomic mass is 9.81. The van der Waals surface area contributed by atoms with Crippen LogP contribution in [0.4, 0.5) is 4.79 Å². The lowest BCUT2D eigenvalue weighted by Gasteiger charge is -2.33. The summed E-state index contributed by atoms with van der Waals surface area (Å²) >= 11 is 0. The maximum atomic E-state index is 11.5. The summed E-state index contributed by atoms with van der Waals surface area (Å²) in [5.74, 6) is -1.22. The monoisotopic (exact) mass is 549 g/mol. The number of esters is 1. The Bertz CT molecular complexity index is 867. The number of hydrogen-bond acceptors (Lipinski definition) is 7. The third-order valence-electron chi connectivity index (χ3n) is 7.58. The van der Waals surface area contributed by atoms with E-state index < -0.39 is 30.5 Å². The van der Waals surface area contributed by atoms with Crippen LogP contribution < -0.4 is 5.73 Å². The van der Waals surface area contributed by atoms with Gasteiger partial charge in [0.15, 0.2) is 0 Å². The van der Waals surface area contributed by atoms with Crippen LogP contribution in [0.25, 0.3) is 0 Å². The Morgan fingerprint density at radius 1 is 1.08 bits per heavy atom. The molecular formula is C31H51NO7. The summed E-state index contributed by atoms with van der Waals surface area (Å²) in [6.45, 7) is 15.1. The predicted octanol–water partition coefficient (Wildman–Crippen LogP) is 4.83. The standard InChI is InChI=1S/C31H51NO7/c1-8-9-11-21(4)30(39-31(32)37)24(7)29(36)23(6)17-19(2)16-22(5)28(35)20(3)14-15-25(33)18-26-12-10-13-27(34)38-26/h8-9,11,14-16,20-26,28-30,33,35-36H,1,10,12-13,17-18H2,2-7H3,(H2,32,37)/t20?,21-,22?,23?,24?,25?,26+,28?,29?,30?/m0/s1. The minimum Gasteiger partial charge on any atom is -0.462 e. The number of aliphatic hydroxyl groups is 3. The molecule has 1 rings (SSSR count). The van der Waals surface area contributed by atoms with Gasteiger partial charge in [-0.05, 0) is 32.1 Å². The number of allylic oxidation sites excluding steroid dienone is 3. The molecule has 0 aromatic carbocycles. The molecule has 1 amide bonds. The average molecular weight is 550 g/mol. The molecule has 0 aromatic rings. The largest absolute Gasteiger partial charge is 0.462 e. The molecule has 0 aliphatic carbocycles. The van der Waals surface area contributed by atoms with E-state index in [-0.39, 0.29) is 41.7 Å². The molecule has 5 N–H and O–H groups in total. The number of cyclic esters (lactones) is 1. The van der Waals surface area contributed by atoms with Crippen LogP contribution in [0.1, 0.15) is 73.6 Å². The molecule has 39 heavy (non-hydrogen) atoms. The van der Waals surface area contributed by atoms with Crippen molar-refractivity contribution in [3.63, 3.8) is 0 Å². The van der Waals surface area contributed by atoms with Crippen molar-refractivity contribution in [1.82, 2.24) is 0 Å². The van der Waals surface area contributed by atoms with Crippen LogP contribution >= 0.6 is 0 Å². The molecule has 0 saturated carbocycles. The molecule has 0 radical (unpaired) electrons. The number of aliphatic hydroxyl groups excluding tert-OH is 3. The molecule has 1 aliphatic rings. The van der Waals surface area contributed by atoms with Crippen LogP contribution in [0, 0.1) is 29.6 Å². The Morgan fingerprint density at radius 3 is 2.33 bits per heavy atom. The summed E-state index contributed by atoms with van der Waals surface area (Å²) < 4.78 is 10.6. The van der Waals surface area contributed by atoms with Gasteiger partial charge >= 0.3 is 12.1 Å². The van der Waals surface area contributed by atoms with E-state index >= 15 is 0 Å². The third kappa shape index (κ3) is 12.5. The SMILES string of the molecule is C=CC=C[C@H](C)C(OC(N)=O)C(C)C(O)C(C)CC(C)=CC(C)C(O)C(C)C=CC(O)C[C@H]1CCCC(=O)O1. The highest BCUT2D eigenvalue weighted by Crippen LogP contribution is 2.29. The second-order valence-corrected chi connectivity index (χ2v) is 11.3. The van der Waals surface area contributed by atoms with E-state index in [1.165, 1.54) is 0 Å². The molecule has 0 aromatic heterocycles. The Kier molecular flexibility index (Phi) is 15.4. The number of ether oxygens (including phenoxy) is 2. The second-order valence-electron chi connectivity index (χ2n) is 11.3. The van der Waals surface area contributed by atoms with Crippen molar-refractivity contribution in [2.75, 3.05) is 0 Å². The fourth-order valence-corrected chi connectivity index (χ4v) is 5.34. The minimum absolute atomic E-state index is 0.128. The van der Waals surface area contributed by atoms with Gasteiger partial charge in [-0.2, -0.15) is 0 Å². The van der Waals surface area contributed by atoms with Crippen molar-refractivity contribution in [3.8, 4) is 0 Å². The maximum absolute atomic E-state index is 11.5. The van der Waals surface area contributed by atoms with Crippen LogP contribution in [0.5, 0.6) is 0 Å². The van der Waals surface area contributed by atoms with Crippen molar-refractivity contribution in [2.45, 2.75) is 104 Å². The Hall–Kier alpha value is -2.42. The highest BCUT2D eigenvalue weighted by molar-refractivity contribution is 5.70. The number of rotatable bonds is 16. The molecule has 8 unspecified atom stereocenters. The van der Waals surface area contributed by atoms with Gasteiger partial charge in [0.2, 0.25) is 0 Å². The number of nitrogens with two attached hydrogens (primary N) is 1. The summed E-state index contributed by atoms with van der Waals surface area (Å²) in [5.41, 5.74) is 6.32. The predicted molar refractivity (Wildman–Crippen MR) is 153 cm³/mol. The zero-order valence-electron chi connectivity index (χ0n) is 24.5. The van der Waals surface area contributed by atoms with Crippen molar-refractivity contribution >= 4 is 12.1 Å². The first-order chi connectivity index (χ1) is 18.3. The van der Waals surface area contributed by atoms with Gasteiger partial charge in [0.05, 0.1) is 18.3 Å². The van der Waals surface area contributed by atoms with Gasteiger partial charge in [-0.15, -0.1) is 0 Å². The van der Waals surface area contributed by atoms with E-state index in [0.717, 1.165) is 18.4 Å².